The largest absolute Gasteiger partial charge is 0.508 e. The molecule has 2 aromatic rings. The molecule has 1 fully saturated rings. The highest BCUT2D eigenvalue weighted by atomic mass is 16.5. The Morgan fingerprint density at radius 1 is 1.30 bits per heavy atom. The van der Waals surface area contributed by atoms with Crippen molar-refractivity contribution in [3.63, 3.8) is 0 Å². The van der Waals surface area contributed by atoms with Crippen molar-refractivity contribution in [2.24, 2.45) is 0 Å². The topological polar surface area (TPSA) is 68.4 Å². The number of hydrogen-bond acceptors (Lipinski definition) is 5. The molecule has 0 bridgehead atoms. The molecule has 20 heavy (non-hydrogen) atoms. The van der Waals surface area contributed by atoms with Crippen LogP contribution in [0.25, 0.3) is 0 Å². The van der Waals surface area contributed by atoms with Crippen LogP contribution in [0.5, 0.6) is 5.75 Å². The number of aromatic hydroxyl groups is 1. The zero-order valence-corrected chi connectivity index (χ0v) is 11.3. The van der Waals surface area contributed by atoms with Crippen LogP contribution < -0.4 is 0 Å². The van der Waals surface area contributed by atoms with Crippen LogP contribution in [0, 0.1) is 0 Å². The Morgan fingerprint density at radius 3 is 3.05 bits per heavy atom. The van der Waals surface area contributed by atoms with E-state index in [9.17, 15) is 5.11 Å². The van der Waals surface area contributed by atoms with Crippen LogP contribution >= 0.6 is 0 Å². The Hall–Kier alpha value is -1.88. The van der Waals surface area contributed by atoms with Crippen LogP contribution in [-0.2, 0) is 17.6 Å². The highest BCUT2D eigenvalue weighted by Crippen LogP contribution is 2.17. The molecule has 1 unspecified atom stereocenters. The van der Waals surface area contributed by atoms with E-state index >= 15 is 0 Å². The van der Waals surface area contributed by atoms with Crippen molar-refractivity contribution in [2.75, 3.05) is 6.61 Å². The predicted molar refractivity (Wildman–Crippen MR) is 72.5 cm³/mol. The van der Waals surface area contributed by atoms with Gasteiger partial charge in [-0.15, -0.1) is 0 Å². The van der Waals surface area contributed by atoms with Gasteiger partial charge < -0.3 is 14.4 Å². The number of nitrogens with zero attached hydrogens (tertiary/aromatic N) is 2. The number of hydrogen-bond donors (Lipinski definition) is 1. The van der Waals surface area contributed by atoms with E-state index < -0.39 is 0 Å². The first kappa shape index (κ1) is 13.1. The molecule has 1 atom stereocenters. The Morgan fingerprint density at radius 2 is 2.25 bits per heavy atom. The first-order valence-electron chi connectivity index (χ1n) is 7.00. The summed E-state index contributed by atoms with van der Waals surface area (Å²) >= 11 is 0. The molecule has 0 radical (unpaired) electrons. The molecule has 3 rings (SSSR count). The zero-order valence-electron chi connectivity index (χ0n) is 11.3. The Labute approximate surface area is 117 Å². The molecule has 106 valence electrons. The van der Waals surface area contributed by atoms with Gasteiger partial charge in [-0.3, -0.25) is 0 Å². The molecule has 1 N–H and O–H groups in total. The molecule has 1 saturated heterocycles. The SMILES string of the molecule is Oc1cccc(Cc2nc(CC3CCCCO3)no2)c1. The minimum absolute atomic E-state index is 0.218. The summed E-state index contributed by atoms with van der Waals surface area (Å²) in [6, 6.07) is 7.07. The minimum Gasteiger partial charge on any atom is -0.508 e. The predicted octanol–water partition coefficient (Wildman–Crippen LogP) is 2.48. The van der Waals surface area contributed by atoms with Gasteiger partial charge in [-0.25, -0.2) is 0 Å². The molecule has 0 saturated carbocycles. The maximum atomic E-state index is 9.43. The van der Waals surface area contributed by atoms with Crippen LogP contribution in [0.1, 0.15) is 36.5 Å². The van der Waals surface area contributed by atoms with Crippen LogP contribution in [-0.4, -0.2) is 28.0 Å². The summed E-state index contributed by atoms with van der Waals surface area (Å²) < 4.78 is 10.9. The van der Waals surface area contributed by atoms with Crippen molar-refractivity contribution in [3.8, 4) is 5.75 Å². The quantitative estimate of drug-likeness (QED) is 0.927. The first-order valence-corrected chi connectivity index (χ1v) is 7.00. The van der Waals surface area contributed by atoms with E-state index in [0.29, 0.717) is 24.6 Å². The fourth-order valence-corrected chi connectivity index (χ4v) is 2.46. The summed E-state index contributed by atoms with van der Waals surface area (Å²) in [5, 5.41) is 13.4. The van der Waals surface area contributed by atoms with Gasteiger partial charge in [0.1, 0.15) is 5.75 Å². The Bertz CT molecular complexity index is 562. The lowest BCUT2D eigenvalue weighted by atomic mass is 10.1. The van der Waals surface area contributed by atoms with Crippen molar-refractivity contribution < 1.29 is 14.4 Å². The van der Waals surface area contributed by atoms with Gasteiger partial charge in [0.2, 0.25) is 5.89 Å². The summed E-state index contributed by atoms with van der Waals surface area (Å²) in [5.41, 5.74) is 0.953. The number of phenols is 1. The highest BCUT2D eigenvalue weighted by molar-refractivity contribution is 5.28. The molecule has 5 nitrogen and oxygen atoms in total. The second kappa shape index (κ2) is 6.05. The summed E-state index contributed by atoms with van der Waals surface area (Å²) in [6.45, 7) is 0.832. The highest BCUT2D eigenvalue weighted by Gasteiger charge is 2.17. The average Bonchev–Trinajstić information content (AvgIpc) is 2.87. The molecular formula is C15H18N2O3. The molecule has 1 aromatic heterocycles. The van der Waals surface area contributed by atoms with Gasteiger partial charge in [-0.1, -0.05) is 17.3 Å². The number of benzene rings is 1. The molecule has 2 heterocycles. The third-order valence-electron chi connectivity index (χ3n) is 3.46. The molecule has 1 aromatic carbocycles. The van der Waals surface area contributed by atoms with Crippen LogP contribution in [0.4, 0.5) is 0 Å². The standard InChI is InChI=1S/C15H18N2O3/c18-12-5-3-4-11(8-12)9-15-16-14(17-20-15)10-13-6-1-2-7-19-13/h3-5,8,13,18H,1-2,6-7,9-10H2. The zero-order chi connectivity index (χ0) is 13.8. The van der Waals surface area contributed by atoms with E-state index in [1.54, 1.807) is 18.2 Å². The van der Waals surface area contributed by atoms with Gasteiger partial charge in [0.25, 0.3) is 0 Å². The first-order chi connectivity index (χ1) is 9.79. The summed E-state index contributed by atoms with van der Waals surface area (Å²) in [4.78, 5) is 4.39. The van der Waals surface area contributed by atoms with Crippen molar-refractivity contribution in [1.82, 2.24) is 10.1 Å². The van der Waals surface area contributed by atoms with Crippen LogP contribution in [0.3, 0.4) is 0 Å². The lowest BCUT2D eigenvalue weighted by Crippen LogP contribution is -2.21. The van der Waals surface area contributed by atoms with E-state index in [-0.39, 0.29) is 11.9 Å². The lowest BCUT2D eigenvalue weighted by Gasteiger charge is -2.20. The van der Waals surface area contributed by atoms with Gasteiger partial charge in [-0.05, 0) is 37.0 Å². The third-order valence-corrected chi connectivity index (χ3v) is 3.46. The van der Waals surface area contributed by atoms with Crippen molar-refractivity contribution in [2.45, 2.75) is 38.2 Å². The fraction of sp³-hybridized carbons (Fsp3) is 0.467. The molecule has 0 amide bonds. The van der Waals surface area contributed by atoms with E-state index in [1.165, 1.54) is 6.42 Å². The second-order valence-corrected chi connectivity index (χ2v) is 5.14. The van der Waals surface area contributed by atoms with Gasteiger partial charge in [0.05, 0.1) is 12.5 Å². The number of rotatable bonds is 4. The molecule has 0 aliphatic carbocycles. The Kier molecular flexibility index (Phi) is 3.97. The Balaban J connectivity index is 1.61. The van der Waals surface area contributed by atoms with Gasteiger partial charge in [-0.2, -0.15) is 4.98 Å². The molecule has 1 aliphatic rings. The lowest BCUT2D eigenvalue weighted by molar-refractivity contribution is 0.0153. The van der Waals surface area contributed by atoms with Gasteiger partial charge in [0.15, 0.2) is 5.82 Å². The minimum atomic E-state index is 0.218. The smallest absolute Gasteiger partial charge is 0.231 e. The van der Waals surface area contributed by atoms with Crippen LogP contribution in [0.15, 0.2) is 28.8 Å². The van der Waals surface area contributed by atoms with Crippen LogP contribution in [0.2, 0.25) is 0 Å². The summed E-state index contributed by atoms with van der Waals surface area (Å²) in [7, 11) is 0. The summed E-state index contributed by atoms with van der Waals surface area (Å²) in [6.07, 6.45) is 4.88. The monoisotopic (exact) mass is 274 g/mol. The maximum Gasteiger partial charge on any atom is 0.231 e. The number of ether oxygens (including phenoxy) is 1. The number of phenolic OH excluding ortho intramolecular Hbond substituents is 1. The van der Waals surface area contributed by atoms with Crippen molar-refractivity contribution >= 4 is 0 Å². The maximum absolute atomic E-state index is 9.43. The van der Waals surface area contributed by atoms with E-state index in [2.05, 4.69) is 10.1 Å². The van der Waals surface area contributed by atoms with Gasteiger partial charge in [0, 0.05) is 13.0 Å². The number of aromatic nitrogens is 2. The molecule has 0 spiro atoms. The molecular weight excluding hydrogens is 256 g/mol. The van der Waals surface area contributed by atoms with E-state index in [0.717, 1.165) is 25.0 Å². The fourth-order valence-electron chi connectivity index (χ4n) is 2.46. The van der Waals surface area contributed by atoms with Crippen molar-refractivity contribution in [3.05, 3.63) is 41.5 Å². The average molecular weight is 274 g/mol. The molecule has 5 heteroatoms. The van der Waals surface area contributed by atoms with Gasteiger partial charge >= 0.3 is 0 Å². The molecule has 1 aliphatic heterocycles. The third kappa shape index (κ3) is 3.36. The summed E-state index contributed by atoms with van der Waals surface area (Å²) in [5.74, 6) is 1.52. The van der Waals surface area contributed by atoms with E-state index in [1.807, 2.05) is 6.07 Å². The van der Waals surface area contributed by atoms with Crippen molar-refractivity contribution in [1.29, 1.82) is 0 Å². The van der Waals surface area contributed by atoms with E-state index in [4.69, 9.17) is 9.26 Å². The normalized spacial score (nSPS) is 19.1. The second-order valence-electron chi connectivity index (χ2n) is 5.14.